The SMILES string of the molecule is c1ccc2[nH]c(-c3[nH]ncc3Nc3ncnc4c3CCC4)nc2c1. The van der Waals surface area contributed by atoms with Crippen LogP contribution in [-0.2, 0) is 12.8 Å². The molecule has 0 spiro atoms. The van der Waals surface area contributed by atoms with E-state index in [2.05, 4.69) is 35.5 Å². The molecule has 0 saturated heterocycles. The van der Waals surface area contributed by atoms with Gasteiger partial charge in [0.05, 0.1) is 22.9 Å². The number of aryl methyl sites for hydroxylation is 1. The fraction of sp³-hybridized carbons (Fsp3) is 0.176. The molecule has 0 amide bonds. The summed E-state index contributed by atoms with van der Waals surface area (Å²) in [4.78, 5) is 16.7. The lowest BCUT2D eigenvalue weighted by Gasteiger charge is -2.08. The molecule has 0 bridgehead atoms. The molecule has 0 atom stereocenters. The fourth-order valence-corrected chi connectivity index (χ4v) is 3.23. The quantitative estimate of drug-likeness (QED) is 0.540. The number of nitrogens with zero attached hydrogens (tertiary/aromatic N) is 4. The van der Waals surface area contributed by atoms with Gasteiger partial charge >= 0.3 is 0 Å². The van der Waals surface area contributed by atoms with E-state index in [0.717, 1.165) is 59.0 Å². The molecule has 1 aliphatic rings. The maximum atomic E-state index is 4.63. The number of hydrogen-bond donors (Lipinski definition) is 3. The number of aromatic amines is 2. The minimum absolute atomic E-state index is 0.752. The average molecular weight is 317 g/mol. The maximum Gasteiger partial charge on any atom is 0.158 e. The van der Waals surface area contributed by atoms with E-state index >= 15 is 0 Å². The summed E-state index contributed by atoms with van der Waals surface area (Å²) in [7, 11) is 0. The van der Waals surface area contributed by atoms with Gasteiger partial charge in [-0.2, -0.15) is 5.10 Å². The van der Waals surface area contributed by atoms with Gasteiger partial charge in [0.1, 0.15) is 17.8 Å². The van der Waals surface area contributed by atoms with Crippen molar-refractivity contribution in [2.24, 2.45) is 0 Å². The second-order valence-corrected chi connectivity index (χ2v) is 5.89. The Morgan fingerprint density at radius 3 is 3.00 bits per heavy atom. The molecule has 118 valence electrons. The summed E-state index contributed by atoms with van der Waals surface area (Å²) >= 11 is 0. The zero-order chi connectivity index (χ0) is 15.9. The molecule has 1 aromatic carbocycles. The van der Waals surface area contributed by atoms with E-state index in [0.29, 0.717) is 0 Å². The number of benzene rings is 1. The highest BCUT2D eigenvalue weighted by molar-refractivity contribution is 5.82. The van der Waals surface area contributed by atoms with Crippen LogP contribution in [0, 0.1) is 0 Å². The highest BCUT2D eigenvalue weighted by Crippen LogP contribution is 2.31. The lowest BCUT2D eigenvalue weighted by atomic mass is 10.2. The van der Waals surface area contributed by atoms with Gasteiger partial charge in [0, 0.05) is 11.3 Å². The van der Waals surface area contributed by atoms with Crippen LogP contribution in [0.5, 0.6) is 0 Å². The van der Waals surface area contributed by atoms with Crippen molar-refractivity contribution in [3.05, 3.63) is 48.0 Å². The molecule has 4 aromatic rings. The van der Waals surface area contributed by atoms with E-state index in [1.165, 1.54) is 5.56 Å². The summed E-state index contributed by atoms with van der Waals surface area (Å²) in [6.45, 7) is 0. The second kappa shape index (κ2) is 5.16. The monoisotopic (exact) mass is 317 g/mol. The second-order valence-electron chi connectivity index (χ2n) is 5.89. The van der Waals surface area contributed by atoms with Crippen molar-refractivity contribution >= 4 is 22.5 Å². The molecule has 3 heterocycles. The molecule has 24 heavy (non-hydrogen) atoms. The molecule has 0 radical (unpaired) electrons. The van der Waals surface area contributed by atoms with Gasteiger partial charge in [-0.25, -0.2) is 15.0 Å². The van der Waals surface area contributed by atoms with E-state index in [-0.39, 0.29) is 0 Å². The Labute approximate surface area is 137 Å². The number of nitrogens with one attached hydrogen (secondary N) is 3. The van der Waals surface area contributed by atoms with Crippen molar-refractivity contribution in [1.82, 2.24) is 30.1 Å². The molecule has 1 aliphatic carbocycles. The summed E-state index contributed by atoms with van der Waals surface area (Å²) < 4.78 is 0. The van der Waals surface area contributed by atoms with Crippen molar-refractivity contribution in [1.29, 1.82) is 0 Å². The van der Waals surface area contributed by atoms with Crippen LogP contribution in [0.2, 0.25) is 0 Å². The molecule has 0 aliphatic heterocycles. The third-order valence-electron chi connectivity index (χ3n) is 4.39. The van der Waals surface area contributed by atoms with Gasteiger partial charge in [-0.3, -0.25) is 5.10 Å². The average Bonchev–Trinajstić information content (AvgIpc) is 3.33. The highest BCUT2D eigenvalue weighted by Gasteiger charge is 2.19. The number of H-pyrrole nitrogens is 2. The van der Waals surface area contributed by atoms with E-state index in [9.17, 15) is 0 Å². The summed E-state index contributed by atoms with van der Waals surface area (Å²) in [5.41, 5.74) is 5.93. The number of fused-ring (bicyclic) bond motifs is 2. The minimum atomic E-state index is 0.752. The molecule has 0 fully saturated rings. The predicted molar refractivity (Wildman–Crippen MR) is 91.0 cm³/mol. The van der Waals surface area contributed by atoms with Crippen LogP contribution in [0.15, 0.2) is 36.8 Å². The number of rotatable bonds is 3. The Hall–Kier alpha value is -3.22. The largest absolute Gasteiger partial charge is 0.337 e. The van der Waals surface area contributed by atoms with Gasteiger partial charge < -0.3 is 10.3 Å². The molecule has 3 aromatic heterocycles. The third-order valence-corrected chi connectivity index (χ3v) is 4.39. The standard InChI is InChI=1S/C17H15N7/c1-2-6-13-12(5-1)21-17(22-13)15-14(8-20-24-15)23-16-10-4-3-7-11(10)18-9-19-16/h1-2,5-6,8-9H,3-4,7H2,(H,20,24)(H,21,22)(H,18,19,23). The zero-order valence-electron chi connectivity index (χ0n) is 12.9. The maximum absolute atomic E-state index is 4.63. The van der Waals surface area contributed by atoms with Crippen molar-refractivity contribution in [3.63, 3.8) is 0 Å². The topological polar surface area (TPSA) is 95.2 Å². The van der Waals surface area contributed by atoms with Crippen LogP contribution in [0.1, 0.15) is 17.7 Å². The van der Waals surface area contributed by atoms with Crippen molar-refractivity contribution in [3.8, 4) is 11.5 Å². The molecule has 0 saturated carbocycles. The third kappa shape index (κ3) is 2.05. The Morgan fingerprint density at radius 1 is 1.08 bits per heavy atom. The Morgan fingerprint density at radius 2 is 2.04 bits per heavy atom. The lowest BCUT2D eigenvalue weighted by molar-refractivity contribution is 0.899. The van der Waals surface area contributed by atoms with Gasteiger partial charge in [-0.15, -0.1) is 0 Å². The summed E-state index contributed by atoms with van der Waals surface area (Å²) in [6, 6.07) is 7.95. The Bertz CT molecular complexity index is 997. The van der Waals surface area contributed by atoms with Gasteiger partial charge in [-0.05, 0) is 31.4 Å². The molecule has 7 nitrogen and oxygen atoms in total. The highest BCUT2D eigenvalue weighted by atomic mass is 15.2. The summed E-state index contributed by atoms with van der Waals surface area (Å²) in [5, 5.41) is 10.6. The molecule has 7 heteroatoms. The van der Waals surface area contributed by atoms with Crippen LogP contribution < -0.4 is 5.32 Å². The van der Waals surface area contributed by atoms with E-state index < -0.39 is 0 Å². The van der Waals surface area contributed by atoms with Gasteiger partial charge in [-0.1, -0.05) is 12.1 Å². The summed E-state index contributed by atoms with van der Waals surface area (Å²) in [5.74, 6) is 1.61. The smallest absolute Gasteiger partial charge is 0.158 e. The Balaban J connectivity index is 1.55. The van der Waals surface area contributed by atoms with Gasteiger partial charge in [0.2, 0.25) is 0 Å². The molecule has 5 rings (SSSR count). The first-order valence-electron chi connectivity index (χ1n) is 7.97. The van der Waals surface area contributed by atoms with Crippen LogP contribution in [0.25, 0.3) is 22.6 Å². The van der Waals surface area contributed by atoms with Gasteiger partial charge in [0.15, 0.2) is 5.82 Å². The van der Waals surface area contributed by atoms with Crippen LogP contribution in [-0.4, -0.2) is 30.1 Å². The van der Waals surface area contributed by atoms with Crippen LogP contribution in [0.3, 0.4) is 0 Å². The first-order valence-corrected chi connectivity index (χ1v) is 7.97. The predicted octanol–water partition coefficient (Wildman–Crippen LogP) is 2.98. The first kappa shape index (κ1) is 13.2. The summed E-state index contributed by atoms with van der Waals surface area (Å²) in [6.07, 6.45) is 6.54. The van der Waals surface area contributed by atoms with Crippen LogP contribution in [0.4, 0.5) is 11.5 Å². The molecule has 0 unspecified atom stereocenters. The van der Waals surface area contributed by atoms with Crippen molar-refractivity contribution in [2.45, 2.75) is 19.3 Å². The number of para-hydroxylation sites is 2. The first-order chi connectivity index (χ1) is 11.9. The molecular formula is C17H15N7. The molecule has 3 N–H and O–H groups in total. The number of imidazole rings is 1. The van der Waals surface area contributed by atoms with E-state index in [1.807, 2.05) is 24.3 Å². The lowest BCUT2D eigenvalue weighted by Crippen LogP contribution is -2.01. The zero-order valence-corrected chi connectivity index (χ0v) is 12.9. The number of aromatic nitrogens is 6. The number of hydrogen-bond acceptors (Lipinski definition) is 5. The normalized spacial score (nSPS) is 13.3. The number of anilines is 2. The molecular weight excluding hydrogens is 302 g/mol. The fourth-order valence-electron chi connectivity index (χ4n) is 3.23. The Kier molecular flexibility index (Phi) is 2.84. The van der Waals surface area contributed by atoms with E-state index in [4.69, 9.17) is 0 Å². The van der Waals surface area contributed by atoms with Crippen molar-refractivity contribution < 1.29 is 0 Å². The van der Waals surface area contributed by atoms with Gasteiger partial charge in [0.25, 0.3) is 0 Å². The van der Waals surface area contributed by atoms with Crippen molar-refractivity contribution in [2.75, 3.05) is 5.32 Å². The van der Waals surface area contributed by atoms with Crippen LogP contribution >= 0.6 is 0 Å². The minimum Gasteiger partial charge on any atom is -0.337 e. The van der Waals surface area contributed by atoms with E-state index in [1.54, 1.807) is 12.5 Å².